The molecule has 2 saturated heterocycles. The fourth-order valence-corrected chi connectivity index (χ4v) is 3.51. The van der Waals surface area contributed by atoms with E-state index in [1.807, 2.05) is 26.0 Å². The molecule has 0 spiro atoms. The van der Waals surface area contributed by atoms with Crippen LogP contribution in [0.2, 0.25) is 0 Å². The molecule has 0 aliphatic carbocycles. The molecular formula is C18H20N4O4. The van der Waals surface area contributed by atoms with Gasteiger partial charge in [0.05, 0.1) is 24.3 Å². The summed E-state index contributed by atoms with van der Waals surface area (Å²) in [6.07, 6.45) is 1.04. The Hall–Kier alpha value is -3.03. The smallest absolute Gasteiger partial charge is 0.407 e. The molecule has 3 N–H and O–H groups in total. The van der Waals surface area contributed by atoms with Gasteiger partial charge in [0.1, 0.15) is 17.7 Å². The summed E-state index contributed by atoms with van der Waals surface area (Å²) in [5.74, 6) is 0.672. The number of fused-ring (bicyclic) bond motifs is 2. The lowest BCUT2D eigenvalue weighted by molar-refractivity contribution is 0.0994. The minimum absolute atomic E-state index is 0.0455. The van der Waals surface area contributed by atoms with Crippen molar-refractivity contribution in [3.05, 3.63) is 30.0 Å². The number of carbonyl (C=O) groups excluding carboxylic acids is 2. The summed E-state index contributed by atoms with van der Waals surface area (Å²) in [4.78, 5) is 29.7. The number of hydrogen-bond donors (Lipinski definition) is 2. The number of ether oxygens (including phenoxy) is 2. The summed E-state index contributed by atoms with van der Waals surface area (Å²) in [5.41, 5.74) is 5.86. The Bertz CT molecular complexity index is 882. The molecule has 136 valence electrons. The van der Waals surface area contributed by atoms with Crippen molar-refractivity contribution in [2.24, 2.45) is 5.73 Å². The molecule has 4 rings (SSSR count). The zero-order valence-corrected chi connectivity index (χ0v) is 14.6. The Labute approximate surface area is 150 Å². The summed E-state index contributed by atoms with van der Waals surface area (Å²) in [5, 5.41) is 4.52. The summed E-state index contributed by atoms with van der Waals surface area (Å²) in [6, 6.07) is 5.33. The van der Waals surface area contributed by atoms with Gasteiger partial charge in [-0.25, -0.2) is 9.78 Å². The normalized spacial score (nSPS) is 21.7. The Kier molecular flexibility index (Phi) is 3.82. The number of amides is 2. The van der Waals surface area contributed by atoms with E-state index < -0.39 is 5.91 Å². The van der Waals surface area contributed by atoms with Gasteiger partial charge in [0.2, 0.25) is 0 Å². The topological polar surface area (TPSA) is 107 Å². The zero-order chi connectivity index (χ0) is 18.4. The second-order valence-electron chi connectivity index (χ2n) is 6.83. The first-order valence-electron chi connectivity index (χ1n) is 8.53. The van der Waals surface area contributed by atoms with Gasteiger partial charge in [0.15, 0.2) is 0 Å². The van der Waals surface area contributed by atoms with E-state index in [0.717, 1.165) is 16.6 Å². The molecule has 0 bridgehead atoms. The van der Waals surface area contributed by atoms with Crippen LogP contribution in [0, 0.1) is 0 Å². The molecule has 2 amide bonds. The summed E-state index contributed by atoms with van der Waals surface area (Å²) < 4.78 is 11.1. The highest BCUT2D eigenvalue weighted by molar-refractivity contribution is 6.03. The van der Waals surface area contributed by atoms with Gasteiger partial charge in [-0.3, -0.25) is 4.79 Å². The van der Waals surface area contributed by atoms with Crippen LogP contribution in [0.5, 0.6) is 5.75 Å². The molecule has 2 aliphatic rings. The highest BCUT2D eigenvalue weighted by Crippen LogP contribution is 2.34. The van der Waals surface area contributed by atoms with Crippen molar-refractivity contribution in [1.82, 2.24) is 10.3 Å². The Balaban J connectivity index is 1.76. The second-order valence-corrected chi connectivity index (χ2v) is 6.83. The highest BCUT2D eigenvalue weighted by Gasteiger charge is 2.42. The summed E-state index contributed by atoms with van der Waals surface area (Å²) >= 11 is 0. The standard InChI is InChI=1S/C18H20N4O4/c1-9(2)25-14-6-11-10(5-12(14)16(19)23)3-4-20-17(11)22-7-13-15(8-22)26-18(24)21-13/h3-6,9,13,15H,7-8H2,1-2H3,(H2,19,23)(H,21,24). The molecule has 2 atom stereocenters. The number of carbonyl (C=O) groups is 2. The van der Waals surface area contributed by atoms with Crippen molar-refractivity contribution in [2.45, 2.75) is 32.1 Å². The molecule has 2 unspecified atom stereocenters. The number of alkyl carbamates (subject to hydrolysis) is 1. The lowest BCUT2D eigenvalue weighted by atomic mass is 10.1. The molecule has 2 fully saturated rings. The van der Waals surface area contributed by atoms with E-state index in [0.29, 0.717) is 24.4 Å². The molecule has 1 aromatic carbocycles. The van der Waals surface area contributed by atoms with Gasteiger partial charge >= 0.3 is 6.09 Å². The summed E-state index contributed by atoms with van der Waals surface area (Å²) in [7, 11) is 0. The Morgan fingerprint density at radius 1 is 1.42 bits per heavy atom. The van der Waals surface area contributed by atoms with Crippen LogP contribution in [0.25, 0.3) is 10.8 Å². The van der Waals surface area contributed by atoms with E-state index in [2.05, 4.69) is 15.2 Å². The first-order valence-corrected chi connectivity index (χ1v) is 8.53. The molecule has 0 saturated carbocycles. The first-order chi connectivity index (χ1) is 12.4. The van der Waals surface area contributed by atoms with Crippen LogP contribution < -0.4 is 20.7 Å². The number of benzene rings is 1. The van der Waals surface area contributed by atoms with E-state index in [1.165, 1.54) is 0 Å². The van der Waals surface area contributed by atoms with Crippen LogP contribution >= 0.6 is 0 Å². The highest BCUT2D eigenvalue weighted by atomic mass is 16.6. The van der Waals surface area contributed by atoms with Crippen LogP contribution in [0.3, 0.4) is 0 Å². The van der Waals surface area contributed by atoms with Gasteiger partial charge in [-0.2, -0.15) is 0 Å². The molecule has 2 aromatic rings. The second kappa shape index (κ2) is 6.05. The van der Waals surface area contributed by atoms with E-state index in [-0.39, 0.29) is 24.3 Å². The van der Waals surface area contributed by atoms with Gasteiger partial charge < -0.3 is 25.4 Å². The van der Waals surface area contributed by atoms with Crippen molar-refractivity contribution in [3.8, 4) is 5.75 Å². The van der Waals surface area contributed by atoms with E-state index >= 15 is 0 Å². The van der Waals surface area contributed by atoms with E-state index in [4.69, 9.17) is 15.2 Å². The van der Waals surface area contributed by atoms with E-state index in [1.54, 1.807) is 12.3 Å². The average molecular weight is 356 g/mol. The number of hydrogen-bond acceptors (Lipinski definition) is 6. The quantitative estimate of drug-likeness (QED) is 0.858. The van der Waals surface area contributed by atoms with Crippen molar-refractivity contribution in [2.75, 3.05) is 18.0 Å². The fourth-order valence-electron chi connectivity index (χ4n) is 3.51. The molecule has 2 aliphatic heterocycles. The predicted octanol–water partition coefficient (Wildman–Crippen LogP) is 1.42. The van der Waals surface area contributed by atoms with Gasteiger partial charge in [0.25, 0.3) is 5.91 Å². The van der Waals surface area contributed by atoms with Crippen LogP contribution in [0.1, 0.15) is 24.2 Å². The number of aromatic nitrogens is 1. The van der Waals surface area contributed by atoms with Crippen molar-refractivity contribution >= 4 is 28.6 Å². The van der Waals surface area contributed by atoms with Crippen LogP contribution in [-0.2, 0) is 4.74 Å². The number of nitrogens with zero attached hydrogens (tertiary/aromatic N) is 2. The maximum atomic E-state index is 11.8. The minimum Gasteiger partial charge on any atom is -0.490 e. The number of primary amides is 1. The monoisotopic (exact) mass is 356 g/mol. The minimum atomic E-state index is -0.535. The zero-order valence-electron chi connectivity index (χ0n) is 14.6. The van der Waals surface area contributed by atoms with Crippen LogP contribution in [0.4, 0.5) is 10.6 Å². The van der Waals surface area contributed by atoms with Crippen molar-refractivity contribution < 1.29 is 19.1 Å². The van der Waals surface area contributed by atoms with Crippen LogP contribution in [0.15, 0.2) is 24.4 Å². The lowest BCUT2D eigenvalue weighted by Crippen LogP contribution is -2.32. The maximum absolute atomic E-state index is 11.8. The SMILES string of the molecule is CC(C)Oc1cc2c(N3CC4NC(=O)OC4C3)nccc2cc1C(N)=O. The molecule has 8 heteroatoms. The maximum Gasteiger partial charge on any atom is 0.407 e. The third-order valence-corrected chi connectivity index (χ3v) is 4.60. The molecule has 3 heterocycles. The largest absolute Gasteiger partial charge is 0.490 e. The average Bonchev–Trinajstić information content (AvgIpc) is 3.10. The predicted molar refractivity (Wildman–Crippen MR) is 95.4 cm³/mol. The summed E-state index contributed by atoms with van der Waals surface area (Å²) in [6.45, 7) is 4.95. The molecule has 0 radical (unpaired) electrons. The fraction of sp³-hybridized carbons (Fsp3) is 0.389. The Morgan fingerprint density at radius 3 is 2.92 bits per heavy atom. The van der Waals surface area contributed by atoms with Gasteiger partial charge in [-0.1, -0.05) is 0 Å². The number of pyridine rings is 1. The van der Waals surface area contributed by atoms with Crippen molar-refractivity contribution in [1.29, 1.82) is 0 Å². The molecule has 8 nitrogen and oxygen atoms in total. The molecule has 26 heavy (non-hydrogen) atoms. The molecular weight excluding hydrogens is 336 g/mol. The first kappa shape index (κ1) is 16.4. The van der Waals surface area contributed by atoms with Gasteiger partial charge in [0, 0.05) is 18.1 Å². The third-order valence-electron chi connectivity index (χ3n) is 4.60. The van der Waals surface area contributed by atoms with E-state index in [9.17, 15) is 9.59 Å². The lowest BCUT2D eigenvalue weighted by Gasteiger charge is -2.21. The third kappa shape index (κ3) is 2.77. The number of rotatable bonds is 4. The number of nitrogens with two attached hydrogens (primary N) is 1. The Morgan fingerprint density at radius 2 is 2.23 bits per heavy atom. The number of nitrogens with one attached hydrogen (secondary N) is 1. The van der Waals surface area contributed by atoms with Crippen molar-refractivity contribution in [3.63, 3.8) is 0 Å². The van der Waals surface area contributed by atoms with Gasteiger partial charge in [-0.15, -0.1) is 0 Å². The van der Waals surface area contributed by atoms with Crippen LogP contribution in [-0.4, -0.2) is 48.3 Å². The number of anilines is 1. The molecule has 1 aromatic heterocycles. The van der Waals surface area contributed by atoms with Gasteiger partial charge in [-0.05, 0) is 37.4 Å².